The summed E-state index contributed by atoms with van der Waals surface area (Å²) in [5.74, 6) is 0. The number of anilines is 1. The first kappa shape index (κ1) is 20.5. The highest BCUT2D eigenvalue weighted by atomic mass is 35.5. The van der Waals surface area contributed by atoms with E-state index in [4.69, 9.17) is 23.2 Å². The molecule has 0 saturated heterocycles. The average molecular weight is 392 g/mol. The van der Waals surface area contributed by atoms with E-state index in [1.165, 1.54) is 0 Å². The van der Waals surface area contributed by atoms with Crippen LogP contribution < -0.4 is 5.32 Å². The van der Waals surface area contributed by atoms with Gasteiger partial charge in [-0.1, -0.05) is 35.0 Å². The molecule has 2 rings (SSSR count). The second kappa shape index (κ2) is 10.3. The fourth-order valence-corrected chi connectivity index (χ4v) is 3.30. The van der Waals surface area contributed by atoms with Crippen LogP contribution in [0, 0.1) is 0 Å². The van der Waals surface area contributed by atoms with Gasteiger partial charge in [0, 0.05) is 32.1 Å². The highest BCUT2D eigenvalue weighted by molar-refractivity contribution is 7.99. The van der Waals surface area contributed by atoms with Crippen molar-refractivity contribution in [1.82, 2.24) is 4.90 Å². The third kappa shape index (κ3) is 7.23. The molecule has 126 valence electrons. The molecule has 1 N–H and O–H groups in total. The lowest BCUT2D eigenvalue weighted by atomic mass is 10.3. The molecule has 0 fully saturated rings. The Labute approximate surface area is 159 Å². The fraction of sp³-hybridized carbons (Fsp3) is 0.294. The Bertz CT molecular complexity index is 603. The maximum atomic E-state index is 6.14. The molecule has 0 aromatic heterocycles. The van der Waals surface area contributed by atoms with Gasteiger partial charge in [-0.15, -0.1) is 12.4 Å². The minimum Gasteiger partial charge on any atom is -0.384 e. The molecule has 0 atom stereocenters. The first-order chi connectivity index (χ1) is 10.5. The van der Waals surface area contributed by atoms with Crippen molar-refractivity contribution in [1.29, 1.82) is 0 Å². The highest BCUT2D eigenvalue weighted by Crippen LogP contribution is 2.35. The quantitative estimate of drug-likeness (QED) is 0.589. The smallest absolute Gasteiger partial charge is 0.0483 e. The van der Waals surface area contributed by atoms with Crippen molar-refractivity contribution >= 4 is 53.1 Å². The molecule has 0 aliphatic carbocycles. The lowest BCUT2D eigenvalue weighted by Crippen LogP contribution is -2.16. The molecule has 0 bridgehead atoms. The number of hydrogen-bond acceptors (Lipinski definition) is 3. The number of benzene rings is 2. The molecule has 0 unspecified atom stereocenters. The number of nitrogens with one attached hydrogen (secondary N) is 1. The molecular formula is C17H21Cl3N2S. The molecule has 23 heavy (non-hydrogen) atoms. The van der Waals surface area contributed by atoms with Crippen LogP contribution in [0.1, 0.15) is 6.42 Å². The van der Waals surface area contributed by atoms with Crippen LogP contribution in [0.25, 0.3) is 0 Å². The zero-order chi connectivity index (χ0) is 15.9. The van der Waals surface area contributed by atoms with Crippen molar-refractivity contribution in [3.63, 3.8) is 0 Å². The van der Waals surface area contributed by atoms with Gasteiger partial charge in [-0.25, -0.2) is 0 Å². The van der Waals surface area contributed by atoms with Gasteiger partial charge in [0.2, 0.25) is 0 Å². The van der Waals surface area contributed by atoms with Crippen LogP contribution in [-0.4, -0.2) is 32.1 Å². The van der Waals surface area contributed by atoms with Gasteiger partial charge >= 0.3 is 0 Å². The van der Waals surface area contributed by atoms with E-state index in [0.717, 1.165) is 45.0 Å². The summed E-state index contributed by atoms with van der Waals surface area (Å²) in [6.07, 6.45) is 1.10. The van der Waals surface area contributed by atoms with Crippen LogP contribution in [0.3, 0.4) is 0 Å². The van der Waals surface area contributed by atoms with Crippen molar-refractivity contribution in [3.05, 3.63) is 52.5 Å². The minimum absolute atomic E-state index is 0. The molecule has 6 heteroatoms. The Hall–Kier alpha value is -0.580. The van der Waals surface area contributed by atoms with Gasteiger partial charge in [0.1, 0.15) is 0 Å². The molecule has 2 aromatic carbocycles. The van der Waals surface area contributed by atoms with Gasteiger partial charge in [-0.05, 0) is 69.5 Å². The summed E-state index contributed by atoms with van der Waals surface area (Å²) in [5.41, 5.74) is 1.11. The van der Waals surface area contributed by atoms with Crippen LogP contribution in [0.4, 0.5) is 5.69 Å². The first-order valence-electron chi connectivity index (χ1n) is 7.16. The van der Waals surface area contributed by atoms with Crippen LogP contribution in [0.15, 0.2) is 52.3 Å². The summed E-state index contributed by atoms with van der Waals surface area (Å²) >= 11 is 13.8. The molecule has 0 heterocycles. The second-order valence-corrected chi connectivity index (χ2v) is 7.27. The van der Waals surface area contributed by atoms with E-state index in [-0.39, 0.29) is 12.4 Å². The number of nitrogens with zero attached hydrogens (tertiary/aromatic N) is 1. The first-order valence-corrected chi connectivity index (χ1v) is 8.73. The Morgan fingerprint density at radius 1 is 1.00 bits per heavy atom. The molecule has 2 nitrogen and oxygen atoms in total. The molecule has 0 spiro atoms. The zero-order valence-corrected chi connectivity index (χ0v) is 16.3. The molecule has 0 aliphatic rings. The van der Waals surface area contributed by atoms with Gasteiger partial charge in [-0.2, -0.15) is 0 Å². The number of halogens is 3. The predicted octanol–water partition coefficient (Wildman–Crippen LogP) is 5.93. The third-order valence-corrected chi connectivity index (χ3v) is 4.64. The van der Waals surface area contributed by atoms with Gasteiger partial charge in [0.05, 0.1) is 0 Å². The van der Waals surface area contributed by atoms with E-state index < -0.39 is 0 Å². The maximum Gasteiger partial charge on any atom is 0.0483 e. The van der Waals surface area contributed by atoms with Gasteiger partial charge in [0.15, 0.2) is 0 Å². The van der Waals surface area contributed by atoms with Crippen molar-refractivity contribution in [2.45, 2.75) is 16.2 Å². The van der Waals surface area contributed by atoms with E-state index in [9.17, 15) is 0 Å². The highest BCUT2D eigenvalue weighted by Gasteiger charge is 2.06. The zero-order valence-electron chi connectivity index (χ0n) is 13.2. The maximum absolute atomic E-state index is 6.14. The fourth-order valence-electron chi connectivity index (χ4n) is 1.97. The lowest BCUT2D eigenvalue weighted by molar-refractivity contribution is 0.405. The normalized spacial score (nSPS) is 10.5. The Balaban J connectivity index is 0.00000264. The molecule has 2 aromatic rings. The summed E-state index contributed by atoms with van der Waals surface area (Å²) < 4.78 is 0. The number of rotatable bonds is 7. The molecule has 0 saturated carbocycles. The van der Waals surface area contributed by atoms with Gasteiger partial charge in [-0.3, -0.25) is 0 Å². The topological polar surface area (TPSA) is 15.3 Å². The Kier molecular flexibility index (Phi) is 9.18. The molecular weight excluding hydrogens is 371 g/mol. The molecule has 0 amide bonds. The van der Waals surface area contributed by atoms with Crippen molar-refractivity contribution in [2.24, 2.45) is 0 Å². The average Bonchev–Trinajstić information content (AvgIpc) is 2.47. The van der Waals surface area contributed by atoms with E-state index in [1.807, 2.05) is 42.5 Å². The number of hydrogen-bond donors (Lipinski definition) is 1. The van der Waals surface area contributed by atoms with Crippen LogP contribution in [-0.2, 0) is 0 Å². The van der Waals surface area contributed by atoms with Gasteiger partial charge in [0.25, 0.3) is 0 Å². The van der Waals surface area contributed by atoms with E-state index >= 15 is 0 Å². The summed E-state index contributed by atoms with van der Waals surface area (Å²) in [6.45, 7) is 2.01. The van der Waals surface area contributed by atoms with Crippen molar-refractivity contribution in [2.75, 3.05) is 32.5 Å². The monoisotopic (exact) mass is 390 g/mol. The van der Waals surface area contributed by atoms with Crippen molar-refractivity contribution < 1.29 is 0 Å². The molecule has 0 aliphatic heterocycles. The van der Waals surface area contributed by atoms with Crippen LogP contribution >= 0.6 is 47.4 Å². The summed E-state index contributed by atoms with van der Waals surface area (Å²) in [6, 6.07) is 13.8. The second-order valence-electron chi connectivity index (χ2n) is 5.28. The van der Waals surface area contributed by atoms with Gasteiger partial charge < -0.3 is 10.2 Å². The standard InChI is InChI=1S/C17H20Cl2N2S.ClH/c1-21(2)11-3-10-20-16-9-6-14(19)12-17(16)22-15-7-4-13(18)5-8-15;/h4-9,12,20H,3,10-11H2,1-2H3;1H. The minimum atomic E-state index is 0. The molecule has 0 radical (unpaired) electrons. The van der Waals surface area contributed by atoms with E-state index in [2.05, 4.69) is 24.3 Å². The predicted molar refractivity (Wildman–Crippen MR) is 106 cm³/mol. The lowest BCUT2D eigenvalue weighted by Gasteiger charge is -2.14. The van der Waals surface area contributed by atoms with E-state index in [1.54, 1.807) is 11.8 Å². The Morgan fingerprint density at radius 3 is 2.30 bits per heavy atom. The van der Waals surface area contributed by atoms with Crippen LogP contribution in [0.5, 0.6) is 0 Å². The van der Waals surface area contributed by atoms with E-state index in [0.29, 0.717) is 0 Å². The summed E-state index contributed by atoms with van der Waals surface area (Å²) in [7, 11) is 4.17. The van der Waals surface area contributed by atoms with Crippen molar-refractivity contribution in [3.8, 4) is 0 Å². The summed E-state index contributed by atoms with van der Waals surface area (Å²) in [4.78, 5) is 4.45. The summed E-state index contributed by atoms with van der Waals surface area (Å²) in [5, 5.41) is 4.99. The SMILES string of the molecule is CN(C)CCCNc1ccc(Cl)cc1Sc1ccc(Cl)cc1.Cl. The van der Waals surface area contributed by atoms with Crippen LogP contribution in [0.2, 0.25) is 10.0 Å². The largest absolute Gasteiger partial charge is 0.384 e. The Morgan fingerprint density at radius 2 is 1.65 bits per heavy atom. The third-order valence-electron chi connectivity index (χ3n) is 3.08.